The number of esters is 2. The topological polar surface area (TPSA) is 61.8 Å². The van der Waals surface area contributed by atoms with Gasteiger partial charge in [0.1, 0.15) is 0 Å². The maximum absolute atomic E-state index is 12.4. The summed E-state index contributed by atoms with van der Waals surface area (Å²) >= 11 is 0. The minimum atomic E-state index is -1.27. The lowest BCUT2D eigenvalue weighted by atomic mass is 9.77. The van der Waals surface area contributed by atoms with Gasteiger partial charge in [-0.15, -0.1) is 0 Å². The predicted molar refractivity (Wildman–Crippen MR) is 80.9 cm³/mol. The summed E-state index contributed by atoms with van der Waals surface area (Å²) in [5.41, 5.74) is -1.27. The van der Waals surface area contributed by atoms with Crippen molar-refractivity contribution in [2.75, 3.05) is 19.8 Å². The van der Waals surface area contributed by atoms with Gasteiger partial charge in [0.2, 0.25) is 0 Å². The van der Waals surface area contributed by atoms with E-state index < -0.39 is 17.4 Å². The molecule has 0 atom stereocenters. The Morgan fingerprint density at radius 1 is 0.952 bits per heavy atom. The molecular formula is C16H30O5. The third kappa shape index (κ3) is 6.46. The third-order valence-corrected chi connectivity index (χ3v) is 3.07. The van der Waals surface area contributed by atoms with Crippen LogP contribution in [0.4, 0.5) is 0 Å². The molecule has 0 aliphatic heterocycles. The molecule has 0 aliphatic rings. The Morgan fingerprint density at radius 3 is 1.76 bits per heavy atom. The molecule has 0 aromatic carbocycles. The van der Waals surface area contributed by atoms with E-state index in [9.17, 15) is 9.59 Å². The van der Waals surface area contributed by atoms with Crippen molar-refractivity contribution in [3.8, 4) is 0 Å². The van der Waals surface area contributed by atoms with E-state index >= 15 is 0 Å². The maximum Gasteiger partial charge on any atom is 0.323 e. The first-order valence-corrected chi connectivity index (χ1v) is 7.76. The summed E-state index contributed by atoms with van der Waals surface area (Å²) in [5.74, 6) is -0.855. The quantitative estimate of drug-likeness (QED) is 0.458. The molecule has 124 valence electrons. The number of carbonyl (C=O) groups is 2. The summed E-state index contributed by atoms with van der Waals surface area (Å²) in [6.07, 6.45) is 0.721. The van der Waals surface area contributed by atoms with Gasteiger partial charge in [-0.05, 0) is 46.5 Å². The lowest BCUT2D eigenvalue weighted by molar-refractivity contribution is -0.175. The molecule has 0 amide bonds. The van der Waals surface area contributed by atoms with E-state index in [2.05, 4.69) is 0 Å². The van der Waals surface area contributed by atoms with Gasteiger partial charge in [-0.3, -0.25) is 9.59 Å². The SMILES string of the molecule is CCOC(=O)C(CCOC(C)C)(CC(C)C)C(=O)OCC. The smallest absolute Gasteiger partial charge is 0.323 e. The fraction of sp³-hybridized carbons (Fsp3) is 0.875. The molecule has 0 N–H and O–H groups in total. The highest BCUT2D eigenvalue weighted by Gasteiger charge is 2.48. The van der Waals surface area contributed by atoms with Gasteiger partial charge in [0.15, 0.2) is 5.41 Å². The highest BCUT2D eigenvalue weighted by molar-refractivity contribution is 6.00. The van der Waals surface area contributed by atoms with Crippen LogP contribution in [-0.2, 0) is 23.8 Å². The number of hydrogen-bond acceptors (Lipinski definition) is 5. The molecule has 0 heterocycles. The van der Waals surface area contributed by atoms with Crippen molar-refractivity contribution in [1.29, 1.82) is 0 Å². The van der Waals surface area contributed by atoms with E-state index in [1.54, 1.807) is 13.8 Å². The second kappa shape index (κ2) is 9.77. The van der Waals surface area contributed by atoms with Gasteiger partial charge >= 0.3 is 11.9 Å². The fourth-order valence-electron chi connectivity index (χ4n) is 2.26. The maximum atomic E-state index is 12.4. The monoisotopic (exact) mass is 302 g/mol. The average molecular weight is 302 g/mol. The Labute approximate surface area is 128 Å². The molecule has 0 aromatic rings. The highest BCUT2D eigenvalue weighted by atomic mass is 16.6. The van der Waals surface area contributed by atoms with Crippen LogP contribution >= 0.6 is 0 Å². The van der Waals surface area contributed by atoms with E-state index in [1.165, 1.54) is 0 Å². The molecule has 0 saturated heterocycles. The summed E-state index contributed by atoms with van der Waals surface area (Å²) in [6.45, 7) is 12.0. The Balaban J connectivity index is 5.28. The molecule has 0 unspecified atom stereocenters. The van der Waals surface area contributed by atoms with Crippen molar-refractivity contribution >= 4 is 11.9 Å². The van der Waals surface area contributed by atoms with Crippen LogP contribution in [0.2, 0.25) is 0 Å². The number of rotatable bonds is 10. The van der Waals surface area contributed by atoms with Gasteiger partial charge in [-0.2, -0.15) is 0 Å². The molecule has 0 saturated carbocycles. The summed E-state index contributed by atoms with van der Waals surface area (Å²) in [6, 6.07) is 0. The zero-order valence-corrected chi connectivity index (χ0v) is 14.2. The van der Waals surface area contributed by atoms with Gasteiger partial charge in [0, 0.05) is 6.61 Å². The summed E-state index contributed by atoms with van der Waals surface area (Å²) < 4.78 is 15.8. The Hall–Kier alpha value is -1.10. The zero-order valence-electron chi connectivity index (χ0n) is 14.2. The average Bonchev–Trinajstić information content (AvgIpc) is 2.37. The molecule has 21 heavy (non-hydrogen) atoms. The van der Waals surface area contributed by atoms with Gasteiger partial charge in [0.25, 0.3) is 0 Å². The molecule has 0 fully saturated rings. The van der Waals surface area contributed by atoms with Crippen LogP contribution in [0.15, 0.2) is 0 Å². The normalized spacial score (nSPS) is 11.8. The summed E-state index contributed by atoms with van der Waals surface area (Å²) in [4.78, 5) is 24.8. The van der Waals surface area contributed by atoms with E-state index in [0.29, 0.717) is 13.0 Å². The zero-order chi connectivity index (χ0) is 16.5. The van der Waals surface area contributed by atoms with E-state index in [0.717, 1.165) is 0 Å². The Morgan fingerprint density at radius 2 is 1.43 bits per heavy atom. The molecule has 0 aromatic heterocycles. The lowest BCUT2D eigenvalue weighted by Crippen LogP contribution is -2.44. The van der Waals surface area contributed by atoms with Crippen molar-refractivity contribution in [2.45, 2.75) is 60.5 Å². The van der Waals surface area contributed by atoms with Gasteiger partial charge in [-0.1, -0.05) is 13.8 Å². The standard InChI is InChI=1S/C16H30O5/c1-7-19-14(17)16(11-12(3)4,15(18)20-8-2)9-10-21-13(5)6/h12-13H,7-11H2,1-6H3. The number of ether oxygens (including phenoxy) is 3. The Bertz CT molecular complexity index is 305. The minimum Gasteiger partial charge on any atom is -0.465 e. The van der Waals surface area contributed by atoms with Gasteiger partial charge < -0.3 is 14.2 Å². The molecule has 5 heteroatoms. The van der Waals surface area contributed by atoms with Crippen LogP contribution in [0.1, 0.15) is 54.4 Å². The molecule has 0 radical (unpaired) electrons. The van der Waals surface area contributed by atoms with Crippen molar-refractivity contribution in [1.82, 2.24) is 0 Å². The van der Waals surface area contributed by atoms with Crippen molar-refractivity contribution in [3.63, 3.8) is 0 Å². The highest BCUT2D eigenvalue weighted by Crippen LogP contribution is 2.34. The van der Waals surface area contributed by atoms with Crippen LogP contribution < -0.4 is 0 Å². The lowest BCUT2D eigenvalue weighted by Gasteiger charge is -2.30. The molecule has 5 nitrogen and oxygen atoms in total. The van der Waals surface area contributed by atoms with Crippen LogP contribution in [0.25, 0.3) is 0 Å². The van der Waals surface area contributed by atoms with Crippen LogP contribution in [-0.4, -0.2) is 37.9 Å². The van der Waals surface area contributed by atoms with Crippen molar-refractivity contribution < 1.29 is 23.8 Å². The molecule has 0 spiro atoms. The molecule has 0 bridgehead atoms. The summed E-state index contributed by atoms with van der Waals surface area (Å²) in [5, 5.41) is 0. The molecular weight excluding hydrogens is 272 g/mol. The largest absolute Gasteiger partial charge is 0.465 e. The molecule has 0 aliphatic carbocycles. The van der Waals surface area contributed by atoms with E-state index in [4.69, 9.17) is 14.2 Å². The van der Waals surface area contributed by atoms with Crippen LogP contribution in [0.3, 0.4) is 0 Å². The summed E-state index contributed by atoms with van der Waals surface area (Å²) in [7, 11) is 0. The first-order valence-electron chi connectivity index (χ1n) is 7.76. The second-order valence-electron chi connectivity index (χ2n) is 5.79. The van der Waals surface area contributed by atoms with Crippen molar-refractivity contribution in [2.24, 2.45) is 11.3 Å². The van der Waals surface area contributed by atoms with Crippen LogP contribution in [0.5, 0.6) is 0 Å². The van der Waals surface area contributed by atoms with Crippen LogP contribution in [0, 0.1) is 11.3 Å². The first-order chi connectivity index (χ1) is 9.80. The van der Waals surface area contributed by atoms with Gasteiger partial charge in [-0.25, -0.2) is 0 Å². The van der Waals surface area contributed by atoms with E-state index in [1.807, 2.05) is 27.7 Å². The van der Waals surface area contributed by atoms with E-state index in [-0.39, 0.29) is 31.7 Å². The molecule has 0 rings (SSSR count). The number of hydrogen-bond donors (Lipinski definition) is 0. The third-order valence-electron chi connectivity index (χ3n) is 3.07. The van der Waals surface area contributed by atoms with Crippen molar-refractivity contribution in [3.05, 3.63) is 0 Å². The first kappa shape index (κ1) is 19.9. The predicted octanol–water partition coefficient (Wildman–Crippen LogP) is 2.96. The minimum absolute atomic E-state index is 0.0474. The Kier molecular flexibility index (Phi) is 9.26. The fourth-order valence-corrected chi connectivity index (χ4v) is 2.26. The van der Waals surface area contributed by atoms with Gasteiger partial charge in [0.05, 0.1) is 19.3 Å². The number of carbonyl (C=O) groups excluding carboxylic acids is 2. The second-order valence-corrected chi connectivity index (χ2v) is 5.79.